The Morgan fingerprint density at radius 3 is 2.23 bits per heavy atom. The minimum absolute atomic E-state index is 0.153. The molecular weight excluding hydrogens is 281 g/mol. The molecule has 0 aliphatic rings. The summed E-state index contributed by atoms with van der Waals surface area (Å²) in [7, 11) is 0. The summed E-state index contributed by atoms with van der Waals surface area (Å²) in [6, 6.07) is 13.1. The summed E-state index contributed by atoms with van der Waals surface area (Å²) in [5.41, 5.74) is 1.91. The standard InChI is InChI=1S/C17H20FN3O/c1-3-21(4-2)14-11-9-13(10-12-14)19-17(22)20-16-8-6-5-7-15(16)18/h5-12H,3-4H2,1-2H3,(H2,19,20,22). The average molecular weight is 301 g/mol. The first-order valence-electron chi connectivity index (χ1n) is 7.31. The molecule has 4 nitrogen and oxygen atoms in total. The number of carbonyl (C=O) groups excluding carboxylic acids is 1. The van der Waals surface area contributed by atoms with E-state index in [4.69, 9.17) is 0 Å². The SMILES string of the molecule is CCN(CC)c1ccc(NC(=O)Nc2ccccc2F)cc1. The van der Waals surface area contributed by atoms with Crippen molar-refractivity contribution in [2.75, 3.05) is 28.6 Å². The molecule has 0 heterocycles. The number of halogens is 1. The van der Waals surface area contributed by atoms with Crippen LogP contribution in [0.25, 0.3) is 0 Å². The third-order valence-electron chi connectivity index (χ3n) is 3.38. The first-order chi connectivity index (χ1) is 10.6. The Hall–Kier alpha value is -2.56. The Kier molecular flexibility index (Phi) is 5.36. The highest BCUT2D eigenvalue weighted by atomic mass is 19.1. The lowest BCUT2D eigenvalue weighted by molar-refractivity contribution is 0.262. The minimum atomic E-state index is -0.472. The van der Waals surface area contributed by atoms with Crippen molar-refractivity contribution in [3.05, 3.63) is 54.3 Å². The summed E-state index contributed by atoms with van der Waals surface area (Å²) in [6.07, 6.45) is 0. The number of para-hydroxylation sites is 1. The Morgan fingerprint density at radius 1 is 1.00 bits per heavy atom. The van der Waals surface area contributed by atoms with Gasteiger partial charge in [0.15, 0.2) is 0 Å². The second kappa shape index (κ2) is 7.45. The van der Waals surface area contributed by atoms with E-state index in [0.29, 0.717) is 5.69 Å². The zero-order chi connectivity index (χ0) is 15.9. The second-order valence-electron chi connectivity index (χ2n) is 4.78. The van der Waals surface area contributed by atoms with Crippen LogP contribution in [-0.4, -0.2) is 19.1 Å². The summed E-state index contributed by atoms with van der Waals surface area (Å²) in [5, 5.41) is 5.17. The summed E-state index contributed by atoms with van der Waals surface area (Å²) in [5.74, 6) is -0.463. The molecule has 22 heavy (non-hydrogen) atoms. The third kappa shape index (κ3) is 3.97. The van der Waals surface area contributed by atoms with Gasteiger partial charge < -0.3 is 15.5 Å². The van der Waals surface area contributed by atoms with E-state index in [0.717, 1.165) is 18.8 Å². The fraction of sp³-hybridized carbons (Fsp3) is 0.235. The Bertz CT molecular complexity index is 624. The van der Waals surface area contributed by atoms with Crippen molar-refractivity contribution >= 4 is 23.1 Å². The number of amides is 2. The van der Waals surface area contributed by atoms with Crippen LogP contribution in [-0.2, 0) is 0 Å². The van der Waals surface area contributed by atoms with Crippen molar-refractivity contribution < 1.29 is 9.18 Å². The largest absolute Gasteiger partial charge is 0.372 e. The molecule has 2 N–H and O–H groups in total. The smallest absolute Gasteiger partial charge is 0.323 e. The van der Waals surface area contributed by atoms with E-state index in [1.165, 1.54) is 12.1 Å². The average Bonchev–Trinajstić information content (AvgIpc) is 2.52. The number of anilines is 3. The van der Waals surface area contributed by atoms with Gasteiger partial charge in [0.05, 0.1) is 5.69 Å². The minimum Gasteiger partial charge on any atom is -0.372 e. The first-order valence-corrected chi connectivity index (χ1v) is 7.31. The van der Waals surface area contributed by atoms with Crippen molar-refractivity contribution in [3.63, 3.8) is 0 Å². The van der Waals surface area contributed by atoms with Gasteiger partial charge in [0.2, 0.25) is 0 Å². The number of rotatable bonds is 5. The van der Waals surface area contributed by atoms with Crippen molar-refractivity contribution in [3.8, 4) is 0 Å². The van der Waals surface area contributed by atoms with Crippen LogP contribution in [0.15, 0.2) is 48.5 Å². The lowest BCUT2D eigenvalue weighted by atomic mass is 10.2. The normalized spacial score (nSPS) is 10.1. The Labute approximate surface area is 129 Å². The first kappa shape index (κ1) is 15.8. The van der Waals surface area contributed by atoms with Crippen LogP contribution in [0, 0.1) is 5.82 Å². The van der Waals surface area contributed by atoms with Crippen molar-refractivity contribution in [1.29, 1.82) is 0 Å². The van der Waals surface area contributed by atoms with E-state index in [1.54, 1.807) is 12.1 Å². The van der Waals surface area contributed by atoms with Crippen LogP contribution < -0.4 is 15.5 Å². The van der Waals surface area contributed by atoms with Crippen LogP contribution in [0.4, 0.5) is 26.2 Å². The molecule has 0 aliphatic carbocycles. The summed E-state index contributed by atoms with van der Waals surface area (Å²) >= 11 is 0. The highest BCUT2D eigenvalue weighted by Crippen LogP contribution is 2.18. The van der Waals surface area contributed by atoms with Crippen LogP contribution in [0.5, 0.6) is 0 Å². The van der Waals surface area contributed by atoms with E-state index in [1.807, 2.05) is 24.3 Å². The zero-order valence-electron chi connectivity index (χ0n) is 12.8. The molecule has 0 saturated heterocycles. The van der Waals surface area contributed by atoms with Crippen LogP contribution in [0.1, 0.15) is 13.8 Å². The molecule has 2 aromatic rings. The summed E-state index contributed by atoms with van der Waals surface area (Å²) < 4.78 is 13.5. The molecule has 2 rings (SSSR count). The second-order valence-corrected chi connectivity index (χ2v) is 4.78. The molecule has 0 spiro atoms. The molecule has 0 atom stereocenters. The van der Waals surface area contributed by atoms with Gasteiger partial charge in [-0.15, -0.1) is 0 Å². The van der Waals surface area contributed by atoms with Gasteiger partial charge in [-0.1, -0.05) is 12.1 Å². The number of urea groups is 1. The quantitative estimate of drug-likeness (QED) is 0.864. The molecule has 0 fully saturated rings. The number of benzene rings is 2. The van der Waals surface area contributed by atoms with Crippen LogP contribution in [0.2, 0.25) is 0 Å². The molecule has 2 aromatic carbocycles. The van der Waals surface area contributed by atoms with Gasteiger partial charge in [0.1, 0.15) is 5.82 Å². The number of carbonyl (C=O) groups is 1. The number of hydrogen-bond acceptors (Lipinski definition) is 2. The van der Waals surface area contributed by atoms with Gasteiger partial charge in [-0.3, -0.25) is 0 Å². The van der Waals surface area contributed by atoms with Gasteiger partial charge in [0, 0.05) is 24.5 Å². The van der Waals surface area contributed by atoms with E-state index in [-0.39, 0.29) is 5.69 Å². The van der Waals surface area contributed by atoms with Crippen molar-refractivity contribution in [2.24, 2.45) is 0 Å². The van der Waals surface area contributed by atoms with Gasteiger partial charge >= 0.3 is 6.03 Å². The maximum absolute atomic E-state index is 13.5. The Balaban J connectivity index is 1.99. The van der Waals surface area contributed by atoms with E-state index in [2.05, 4.69) is 29.4 Å². The lowest BCUT2D eigenvalue weighted by Gasteiger charge is -2.21. The predicted molar refractivity (Wildman–Crippen MR) is 89.0 cm³/mol. The molecule has 0 saturated carbocycles. The topological polar surface area (TPSA) is 44.4 Å². The van der Waals surface area contributed by atoms with Crippen LogP contribution >= 0.6 is 0 Å². The fourth-order valence-corrected chi connectivity index (χ4v) is 2.19. The number of hydrogen-bond donors (Lipinski definition) is 2. The number of nitrogens with one attached hydrogen (secondary N) is 2. The van der Waals surface area contributed by atoms with Gasteiger partial charge in [0.25, 0.3) is 0 Å². The van der Waals surface area contributed by atoms with Crippen molar-refractivity contribution in [2.45, 2.75) is 13.8 Å². The molecule has 0 unspecified atom stereocenters. The molecule has 0 aliphatic heterocycles. The lowest BCUT2D eigenvalue weighted by Crippen LogP contribution is -2.22. The molecule has 5 heteroatoms. The van der Waals surface area contributed by atoms with E-state index >= 15 is 0 Å². The summed E-state index contributed by atoms with van der Waals surface area (Å²) in [6.45, 7) is 6.04. The van der Waals surface area contributed by atoms with Crippen molar-refractivity contribution in [1.82, 2.24) is 0 Å². The fourth-order valence-electron chi connectivity index (χ4n) is 2.19. The maximum atomic E-state index is 13.5. The predicted octanol–water partition coefficient (Wildman–Crippen LogP) is 4.32. The molecule has 2 amide bonds. The highest BCUT2D eigenvalue weighted by molar-refractivity contribution is 5.99. The monoisotopic (exact) mass is 301 g/mol. The van der Waals surface area contributed by atoms with Gasteiger partial charge in [-0.2, -0.15) is 0 Å². The zero-order valence-corrected chi connectivity index (χ0v) is 12.8. The molecular formula is C17H20FN3O. The maximum Gasteiger partial charge on any atom is 0.323 e. The highest BCUT2D eigenvalue weighted by Gasteiger charge is 2.07. The van der Waals surface area contributed by atoms with Gasteiger partial charge in [-0.05, 0) is 50.2 Å². The summed E-state index contributed by atoms with van der Waals surface area (Å²) in [4.78, 5) is 14.1. The third-order valence-corrected chi connectivity index (χ3v) is 3.38. The van der Waals surface area contributed by atoms with E-state index in [9.17, 15) is 9.18 Å². The molecule has 0 aromatic heterocycles. The van der Waals surface area contributed by atoms with E-state index < -0.39 is 11.8 Å². The Morgan fingerprint density at radius 2 is 1.64 bits per heavy atom. The number of nitrogens with zero attached hydrogens (tertiary/aromatic N) is 1. The molecule has 116 valence electrons. The van der Waals surface area contributed by atoms with Crippen LogP contribution in [0.3, 0.4) is 0 Å². The molecule has 0 bridgehead atoms. The molecule has 0 radical (unpaired) electrons. The van der Waals surface area contributed by atoms with Gasteiger partial charge in [-0.25, -0.2) is 9.18 Å².